The third-order valence-electron chi connectivity index (χ3n) is 3.77. The molecule has 2 N–H and O–H groups in total. The Kier molecular flexibility index (Phi) is 5.01. The summed E-state index contributed by atoms with van der Waals surface area (Å²) in [7, 11) is 0. The Morgan fingerprint density at radius 1 is 1.40 bits per heavy atom. The van der Waals surface area contributed by atoms with Gasteiger partial charge in [0.2, 0.25) is 5.91 Å². The molecule has 0 aliphatic carbocycles. The van der Waals surface area contributed by atoms with Crippen LogP contribution in [0.5, 0.6) is 0 Å². The first-order chi connectivity index (χ1) is 9.60. The van der Waals surface area contributed by atoms with E-state index in [0.717, 1.165) is 36.4 Å². The molecule has 2 rings (SSSR count). The number of hydrogen-bond acceptors (Lipinski definition) is 3. The van der Waals surface area contributed by atoms with Gasteiger partial charge < -0.3 is 15.4 Å². The third-order valence-corrected chi connectivity index (χ3v) is 3.77. The van der Waals surface area contributed by atoms with Crippen LogP contribution in [0.15, 0.2) is 18.2 Å². The maximum absolute atomic E-state index is 11.5. The van der Waals surface area contributed by atoms with Crippen LogP contribution in [0.4, 0.5) is 11.4 Å². The largest absolute Gasteiger partial charge is 0.382 e. The fraction of sp³-hybridized carbons (Fsp3) is 0.562. The normalized spacial score (nSPS) is 22.4. The summed E-state index contributed by atoms with van der Waals surface area (Å²) in [6.45, 7) is 6.81. The third kappa shape index (κ3) is 3.73. The number of hydrogen-bond donors (Lipinski definition) is 2. The van der Waals surface area contributed by atoms with Gasteiger partial charge in [0.05, 0.1) is 6.10 Å². The number of nitrogens with one attached hydrogen (secondary N) is 2. The molecule has 0 radical (unpaired) electrons. The Bertz CT molecular complexity index is 474. The average Bonchev–Trinajstić information content (AvgIpc) is 2.43. The van der Waals surface area contributed by atoms with Crippen LogP contribution >= 0.6 is 0 Å². The summed E-state index contributed by atoms with van der Waals surface area (Å²) in [5, 5.41) is 6.52. The highest BCUT2D eigenvalue weighted by Crippen LogP contribution is 2.26. The average molecular weight is 276 g/mol. The number of carbonyl (C=O) groups is 1. The monoisotopic (exact) mass is 276 g/mol. The molecular weight excluding hydrogens is 252 g/mol. The Labute approximate surface area is 120 Å². The summed E-state index contributed by atoms with van der Waals surface area (Å²) in [4.78, 5) is 11.5. The van der Waals surface area contributed by atoms with E-state index in [-0.39, 0.29) is 5.91 Å². The second-order valence-electron chi connectivity index (χ2n) is 5.43. The highest BCUT2D eigenvalue weighted by molar-refractivity contribution is 5.92. The van der Waals surface area contributed by atoms with Crippen molar-refractivity contribution in [3.63, 3.8) is 0 Å². The van der Waals surface area contributed by atoms with E-state index >= 15 is 0 Å². The minimum atomic E-state index is 0.0462. The zero-order valence-corrected chi connectivity index (χ0v) is 12.5. The second kappa shape index (κ2) is 6.75. The van der Waals surface area contributed by atoms with E-state index in [0.29, 0.717) is 18.6 Å². The molecule has 1 amide bonds. The molecule has 2 unspecified atom stereocenters. The van der Waals surface area contributed by atoms with E-state index in [2.05, 4.69) is 23.6 Å². The van der Waals surface area contributed by atoms with Gasteiger partial charge in [-0.15, -0.1) is 0 Å². The Balaban J connectivity index is 2.08. The van der Waals surface area contributed by atoms with E-state index in [1.165, 1.54) is 0 Å². The van der Waals surface area contributed by atoms with Crippen molar-refractivity contribution in [3.8, 4) is 0 Å². The number of rotatable bonds is 4. The molecule has 1 heterocycles. The second-order valence-corrected chi connectivity index (χ2v) is 5.43. The molecule has 2 atom stereocenters. The van der Waals surface area contributed by atoms with Crippen LogP contribution in [-0.4, -0.2) is 24.7 Å². The molecule has 20 heavy (non-hydrogen) atoms. The molecular formula is C16H24N2O2. The number of benzene rings is 1. The lowest BCUT2D eigenvalue weighted by atomic mass is 10.0. The lowest BCUT2D eigenvalue weighted by Gasteiger charge is -2.29. The van der Waals surface area contributed by atoms with Crippen molar-refractivity contribution in [3.05, 3.63) is 23.8 Å². The van der Waals surface area contributed by atoms with Crippen LogP contribution < -0.4 is 10.6 Å². The topological polar surface area (TPSA) is 50.4 Å². The molecule has 0 saturated carbocycles. The summed E-state index contributed by atoms with van der Waals surface area (Å²) in [6, 6.07) is 6.43. The number of anilines is 2. The van der Waals surface area contributed by atoms with Gasteiger partial charge in [-0.1, -0.05) is 13.0 Å². The summed E-state index contributed by atoms with van der Waals surface area (Å²) < 4.78 is 5.57. The first kappa shape index (κ1) is 14.9. The molecule has 1 fully saturated rings. The minimum absolute atomic E-state index is 0.0462. The molecule has 1 aromatic carbocycles. The van der Waals surface area contributed by atoms with Crippen molar-refractivity contribution < 1.29 is 9.53 Å². The molecule has 1 saturated heterocycles. The Morgan fingerprint density at radius 2 is 2.15 bits per heavy atom. The molecule has 0 bridgehead atoms. The van der Waals surface area contributed by atoms with Gasteiger partial charge in [-0.2, -0.15) is 0 Å². The van der Waals surface area contributed by atoms with E-state index in [9.17, 15) is 4.79 Å². The van der Waals surface area contributed by atoms with Gasteiger partial charge in [0.15, 0.2) is 0 Å². The van der Waals surface area contributed by atoms with E-state index < -0.39 is 0 Å². The van der Waals surface area contributed by atoms with Crippen molar-refractivity contribution >= 4 is 17.3 Å². The Hall–Kier alpha value is -1.55. The fourth-order valence-electron chi connectivity index (χ4n) is 2.52. The fourth-order valence-corrected chi connectivity index (χ4v) is 2.52. The minimum Gasteiger partial charge on any atom is -0.382 e. The van der Waals surface area contributed by atoms with Gasteiger partial charge in [-0.3, -0.25) is 4.79 Å². The first-order valence-corrected chi connectivity index (χ1v) is 7.37. The number of amides is 1. The predicted octanol–water partition coefficient (Wildman–Crippen LogP) is 3.32. The van der Waals surface area contributed by atoms with Crippen LogP contribution in [0.3, 0.4) is 0 Å². The lowest BCUT2D eigenvalue weighted by molar-refractivity contribution is -0.115. The first-order valence-electron chi connectivity index (χ1n) is 7.37. The number of carbonyl (C=O) groups excluding carboxylic acids is 1. The lowest BCUT2D eigenvalue weighted by Crippen LogP contribution is -2.32. The van der Waals surface area contributed by atoms with Crippen LogP contribution in [0.25, 0.3) is 0 Å². The van der Waals surface area contributed by atoms with Crippen LogP contribution in [-0.2, 0) is 9.53 Å². The van der Waals surface area contributed by atoms with Gasteiger partial charge >= 0.3 is 0 Å². The highest BCUT2D eigenvalue weighted by Gasteiger charge is 2.19. The molecule has 110 valence electrons. The summed E-state index contributed by atoms with van der Waals surface area (Å²) >= 11 is 0. The summed E-state index contributed by atoms with van der Waals surface area (Å²) in [5.74, 6) is 0.0462. The smallest absolute Gasteiger partial charge is 0.224 e. The van der Waals surface area contributed by atoms with Crippen LogP contribution in [0, 0.1) is 6.92 Å². The van der Waals surface area contributed by atoms with Gasteiger partial charge in [0, 0.05) is 30.4 Å². The maximum Gasteiger partial charge on any atom is 0.224 e. The van der Waals surface area contributed by atoms with Crippen molar-refractivity contribution in [2.45, 2.75) is 52.2 Å². The number of ether oxygens (including phenoxy) is 1. The zero-order chi connectivity index (χ0) is 14.5. The van der Waals surface area contributed by atoms with Gasteiger partial charge in [-0.05, 0) is 44.4 Å². The molecule has 0 spiro atoms. The molecule has 1 aliphatic rings. The predicted molar refractivity (Wildman–Crippen MR) is 82.2 cm³/mol. The van der Waals surface area contributed by atoms with Crippen LogP contribution in [0.1, 0.15) is 38.7 Å². The standard InChI is InChI=1S/C16H24N2O2/c1-4-16(19)18-15-7-5-6-14(12(15)3)17-13-8-9-20-11(2)10-13/h5-7,11,13,17H,4,8-10H2,1-3H3,(H,18,19). The molecule has 0 aromatic heterocycles. The maximum atomic E-state index is 11.5. The quantitative estimate of drug-likeness (QED) is 0.887. The molecule has 4 nitrogen and oxygen atoms in total. The van der Waals surface area contributed by atoms with Crippen molar-refractivity contribution in [2.75, 3.05) is 17.2 Å². The Morgan fingerprint density at radius 3 is 2.85 bits per heavy atom. The zero-order valence-electron chi connectivity index (χ0n) is 12.5. The van der Waals surface area contributed by atoms with E-state index in [1.807, 2.05) is 26.0 Å². The van der Waals surface area contributed by atoms with E-state index in [1.54, 1.807) is 0 Å². The van der Waals surface area contributed by atoms with Crippen molar-refractivity contribution in [2.24, 2.45) is 0 Å². The summed E-state index contributed by atoms with van der Waals surface area (Å²) in [5.41, 5.74) is 3.08. The molecule has 4 heteroatoms. The van der Waals surface area contributed by atoms with E-state index in [4.69, 9.17) is 4.74 Å². The molecule has 1 aliphatic heterocycles. The highest BCUT2D eigenvalue weighted by atomic mass is 16.5. The van der Waals surface area contributed by atoms with Gasteiger partial charge in [0.1, 0.15) is 0 Å². The van der Waals surface area contributed by atoms with Gasteiger partial charge in [-0.25, -0.2) is 0 Å². The van der Waals surface area contributed by atoms with Crippen molar-refractivity contribution in [1.29, 1.82) is 0 Å². The van der Waals surface area contributed by atoms with Gasteiger partial charge in [0.25, 0.3) is 0 Å². The molecule has 1 aromatic rings. The van der Waals surface area contributed by atoms with Crippen molar-refractivity contribution in [1.82, 2.24) is 0 Å². The summed E-state index contributed by atoms with van der Waals surface area (Å²) in [6.07, 6.45) is 2.85. The van der Waals surface area contributed by atoms with Crippen LogP contribution in [0.2, 0.25) is 0 Å². The SMILES string of the molecule is CCC(=O)Nc1cccc(NC2CCOC(C)C2)c1C.